The molecule has 0 saturated heterocycles. The Morgan fingerprint density at radius 1 is 1.05 bits per heavy atom. The first-order valence-electron chi connectivity index (χ1n) is 7.00. The van der Waals surface area contributed by atoms with E-state index < -0.39 is 0 Å². The van der Waals surface area contributed by atoms with Gasteiger partial charge in [-0.15, -0.1) is 0 Å². The second-order valence-electron chi connectivity index (χ2n) is 4.35. The van der Waals surface area contributed by atoms with E-state index in [9.17, 15) is 9.59 Å². The molecule has 0 spiro atoms. The number of hydrogen-bond donors (Lipinski definition) is 0. The normalized spacial score (nSPS) is 11.7. The van der Waals surface area contributed by atoms with E-state index in [1.807, 2.05) is 30.3 Å². The Bertz CT molecular complexity index is 413. The Morgan fingerprint density at radius 2 is 1.71 bits per heavy atom. The van der Waals surface area contributed by atoms with Crippen molar-refractivity contribution in [3.05, 3.63) is 35.9 Å². The van der Waals surface area contributed by atoms with Crippen LogP contribution < -0.4 is 0 Å². The van der Waals surface area contributed by atoms with Crippen LogP contribution in [0.3, 0.4) is 0 Å². The first-order valence-corrected chi connectivity index (χ1v) is 7.00. The third-order valence-electron chi connectivity index (χ3n) is 2.86. The van der Waals surface area contributed by atoms with E-state index in [4.69, 9.17) is 9.68 Å². The largest absolute Gasteiger partial charge is 0.276 e. The third-order valence-corrected chi connectivity index (χ3v) is 2.86. The fourth-order valence-electron chi connectivity index (χ4n) is 1.99. The van der Waals surface area contributed by atoms with E-state index in [1.54, 1.807) is 13.8 Å². The van der Waals surface area contributed by atoms with E-state index >= 15 is 0 Å². The smallest absolute Gasteiger partial charge is 0.233 e. The second kappa shape index (κ2) is 9.90. The highest BCUT2D eigenvalue weighted by molar-refractivity contribution is 5.47. The van der Waals surface area contributed by atoms with Gasteiger partial charge in [-0.25, -0.2) is 10.1 Å². The van der Waals surface area contributed by atoms with Crippen LogP contribution in [0.25, 0.3) is 0 Å². The van der Waals surface area contributed by atoms with Gasteiger partial charge in [0.25, 0.3) is 0 Å². The predicted molar refractivity (Wildman–Crippen MR) is 77.9 cm³/mol. The van der Waals surface area contributed by atoms with Gasteiger partial charge in [-0.3, -0.25) is 19.3 Å². The summed E-state index contributed by atoms with van der Waals surface area (Å²) in [7, 11) is 0. The molecule has 0 fully saturated rings. The van der Waals surface area contributed by atoms with Crippen molar-refractivity contribution < 1.29 is 19.3 Å². The molecular weight excluding hydrogens is 272 g/mol. The molecule has 1 aromatic carbocycles. The standard InChI is InChI=1S/C15H22N2O4/c1-3-20-16(12-18)11-15(17(13-19)21-4-2)10-14-8-6-5-7-9-14/h5-9,12-13,15H,3-4,10-11H2,1-2H3/t15-/m0/s1. The van der Waals surface area contributed by atoms with Crippen LogP contribution in [0.1, 0.15) is 19.4 Å². The van der Waals surface area contributed by atoms with Gasteiger partial charge in [-0.05, 0) is 25.8 Å². The lowest BCUT2D eigenvalue weighted by Gasteiger charge is -2.30. The number of amides is 2. The molecule has 21 heavy (non-hydrogen) atoms. The maximum absolute atomic E-state index is 11.2. The number of hydroxylamine groups is 4. The summed E-state index contributed by atoms with van der Waals surface area (Å²) in [6.45, 7) is 4.59. The maximum Gasteiger partial charge on any atom is 0.233 e. The molecule has 116 valence electrons. The van der Waals surface area contributed by atoms with Gasteiger partial charge in [0.1, 0.15) is 0 Å². The zero-order valence-electron chi connectivity index (χ0n) is 12.5. The van der Waals surface area contributed by atoms with Crippen molar-refractivity contribution in [2.24, 2.45) is 0 Å². The zero-order chi connectivity index (χ0) is 15.5. The van der Waals surface area contributed by atoms with Crippen LogP contribution in [0.15, 0.2) is 30.3 Å². The average molecular weight is 294 g/mol. The molecule has 0 aliphatic carbocycles. The quantitative estimate of drug-likeness (QED) is 0.457. The number of carbonyl (C=O) groups is 2. The number of carbonyl (C=O) groups excluding carboxylic acids is 2. The molecule has 1 aromatic rings. The van der Waals surface area contributed by atoms with E-state index in [2.05, 4.69) is 0 Å². The molecule has 0 heterocycles. The van der Waals surface area contributed by atoms with Gasteiger partial charge in [0.2, 0.25) is 12.8 Å². The van der Waals surface area contributed by atoms with Crippen LogP contribution in [0.4, 0.5) is 0 Å². The topological polar surface area (TPSA) is 59.1 Å². The second-order valence-corrected chi connectivity index (χ2v) is 4.35. The van der Waals surface area contributed by atoms with Crippen LogP contribution in [0.5, 0.6) is 0 Å². The van der Waals surface area contributed by atoms with Gasteiger partial charge in [-0.2, -0.15) is 0 Å². The number of nitrogens with zero attached hydrogens (tertiary/aromatic N) is 2. The average Bonchev–Trinajstić information content (AvgIpc) is 2.52. The molecule has 0 saturated carbocycles. The van der Waals surface area contributed by atoms with E-state index in [1.165, 1.54) is 10.1 Å². The molecule has 2 amide bonds. The summed E-state index contributed by atoms with van der Waals surface area (Å²) >= 11 is 0. The fraction of sp³-hybridized carbons (Fsp3) is 0.467. The van der Waals surface area contributed by atoms with Crippen molar-refractivity contribution in [2.45, 2.75) is 26.3 Å². The summed E-state index contributed by atoms with van der Waals surface area (Å²) in [5, 5.41) is 2.42. The van der Waals surface area contributed by atoms with Gasteiger partial charge in [-0.1, -0.05) is 30.3 Å². The summed E-state index contributed by atoms with van der Waals surface area (Å²) in [6, 6.07) is 9.40. The SMILES string of the molecule is CCON(C=O)C[C@H](Cc1ccccc1)N(C=O)OCC. The Labute approximate surface area is 125 Å². The highest BCUT2D eigenvalue weighted by Gasteiger charge is 2.21. The molecule has 0 radical (unpaired) electrons. The highest BCUT2D eigenvalue weighted by Crippen LogP contribution is 2.10. The Morgan fingerprint density at radius 3 is 2.24 bits per heavy atom. The summed E-state index contributed by atoms with van der Waals surface area (Å²) in [5.41, 5.74) is 1.05. The lowest BCUT2D eigenvalue weighted by molar-refractivity contribution is -0.206. The predicted octanol–water partition coefficient (Wildman–Crippen LogP) is 1.42. The minimum atomic E-state index is -0.318. The first-order chi connectivity index (χ1) is 10.2. The minimum Gasteiger partial charge on any atom is -0.276 e. The fourth-order valence-corrected chi connectivity index (χ4v) is 1.99. The van der Waals surface area contributed by atoms with Crippen molar-refractivity contribution in [3.63, 3.8) is 0 Å². The van der Waals surface area contributed by atoms with Crippen molar-refractivity contribution in [1.82, 2.24) is 10.1 Å². The van der Waals surface area contributed by atoms with E-state index in [-0.39, 0.29) is 12.6 Å². The molecule has 0 bridgehead atoms. The number of hydrogen-bond acceptors (Lipinski definition) is 4. The van der Waals surface area contributed by atoms with Crippen LogP contribution in [-0.4, -0.2) is 48.7 Å². The van der Waals surface area contributed by atoms with Crippen LogP contribution in [0, 0.1) is 0 Å². The molecule has 0 aliphatic rings. The molecule has 1 atom stereocenters. The van der Waals surface area contributed by atoms with E-state index in [0.29, 0.717) is 32.5 Å². The number of rotatable bonds is 11. The monoisotopic (exact) mass is 294 g/mol. The van der Waals surface area contributed by atoms with E-state index in [0.717, 1.165) is 5.56 Å². The van der Waals surface area contributed by atoms with Gasteiger partial charge in [0.15, 0.2) is 0 Å². The summed E-state index contributed by atoms with van der Waals surface area (Å²) < 4.78 is 0. The Hall–Kier alpha value is -1.92. The zero-order valence-corrected chi connectivity index (χ0v) is 12.5. The molecule has 0 N–H and O–H groups in total. The van der Waals surface area contributed by atoms with Crippen LogP contribution in [0.2, 0.25) is 0 Å². The summed E-state index contributed by atoms with van der Waals surface area (Å²) in [6.07, 6.45) is 1.81. The van der Waals surface area contributed by atoms with Crippen molar-refractivity contribution >= 4 is 12.8 Å². The van der Waals surface area contributed by atoms with Crippen molar-refractivity contribution in [3.8, 4) is 0 Å². The molecule has 6 nitrogen and oxygen atoms in total. The maximum atomic E-state index is 11.2. The van der Waals surface area contributed by atoms with Gasteiger partial charge >= 0.3 is 0 Å². The Kier molecular flexibility index (Phi) is 8.08. The van der Waals surface area contributed by atoms with Crippen LogP contribution >= 0.6 is 0 Å². The molecular formula is C15H22N2O4. The lowest BCUT2D eigenvalue weighted by atomic mass is 10.1. The highest BCUT2D eigenvalue weighted by atomic mass is 16.7. The molecule has 6 heteroatoms. The summed E-state index contributed by atoms with van der Waals surface area (Å²) in [5.74, 6) is 0. The molecule has 0 unspecified atom stereocenters. The summed E-state index contributed by atoms with van der Waals surface area (Å²) in [4.78, 5) is 32.7. The van der Waals surface area contributed by atoms with Gasteiger partial charge < -0.3 is 0 Å². The minimum absolute atomic E-state index is 0.241. The third kappa shape index (κ3) is 5.93. The Balaban J connectivity index is 2.82. The van der Waals surface area contributed by atoms with Gasteiger partial charge in [0.05, 0.1) is 25.8 Å². The van der Waals surface area contributed by atoms with Gasteiger partial charge in [0, 0.05) is 0 Å². The molecule has 0 aliphatic heterocycles. The first kappa shape index (κ1) is 17.1. The van der Waals surface area contributed by atoms with Crippen molar-refractivity contribution in [1.29, 1.82) is 0 Å². The number of benzene rings is 1. The van der Waals surface area contributed by atoms with Crippen LogP contribution in [-0.2, 0) is 25.7 Å². The van der Waals surface area contributed by atoms with Crippen molar-refractivity contribution in [2.75, 3.05) is 19.8 Å². The molecule has 1 rings (SSSR count). The molecule has 0 aromatic heterocycles. The lowest BCUT2D eigenvalue weighted by Crippen LogP contribution is -2.44.